The SMILES string of the molecule is COC(=O)CCCCCNC(=S)Nc1ccc(Cl)c(C(F)(F)F)c1. The number of nitrogens with one attached hydrogen (secondary N) is 2. The number of carbonyl (C=O) groups excluding carboxylic acids is 1. The van der Waals surface area contributed by atoms with Crippen LogP contribution in [-0.4, -0.2) is 24.7 Å². The van der Waals surface area contributed by atoms with E-state index in [-0.39, 0.29) is 21.8 Å². The summed E-state index contributed by atoms with van der Waals surface area (Å²) in [5, 5.41) is 5.44. The number of methoxy groups -OCH3 is 1. The van der Waals surface area contributed by atoms with Crippen LogP contribution in [-0.2, 0) is 15.7 Å². The Bertz CT molecular complexity index is 582. The molecule has 0 aliphatic carbocycles. The lowest BCUT2D eigenvalue weighted by Gasteiger charge is -2.14. The molecule has 0 radical (unpaired) electrons. The van der Waals surface area contributed by atoms with Crippen molar-refractivity contribution in [3.05, 3.63) is 28.8 Å². The normalized spacial score (nSPS) is 11.0. The third kappa shape index (κ3) is 7.35. The van der Waals surface area contributed by atoms with Crippen LogP contribution in [0.5, 0.6) is 0 Å². The molecule has 0 atom stereocenters. The van der Waals surface area contributed by atoms with Gasteiger partial charge in [0.05, 0.1) is 17.7 Å². The van der Waals surface area contributed by atoms with E-state index in [0.717, 1.165) is 18.9 Å². The topological polar surface area (TPSA) is 50.4 Å². The number of benzene rings is 1. The second-order valence-electron chi connectivity index (χ2n) is 4.96. The average molecular weight is 383 g/mol. The van der Waals surface area contributed by atoms with Crippen molar-refractivity contribution in [2.45, 2.75) is 31.9 Å². The minimum atomic E-state index is -4.52. The molecule has 0 aliphatic rings. The van der Waals surface area contributed by atoms with Crippen LogP contribution in [0, 0.1) is 0 Å². The maximum Gasteiger partial charge on any atom is 0.417 e. The van der Waals surface area contributed by atoms with Crippen molar-refractivity contribution in [2.24, 2.45) is 0 Å². The summed E-state index contributed by atoms with van der Waals surface area (Å²) < 4.78 is 42.9. The average Bonchev–Trinajstić information content (AvgIpc) is 2.51. The number of carbonyl (C=O) groups is 1. The van der Waals surface area contributed by atoms with Crippen LogP contribution in [0.15, 0.2) is 18.2 Å². The van der Waals surface area contributed by atoms with Crippen LogP contribution in [0.3, 0.4) is 0 Å². The minimum Gasteiger partial charge on any atom is -0.469 e. The fraction of sp³-hybridized carbons (Fsp3) is 0.467. The first-order valence-corrected chi connectivity index (χ1v) is 8.01. The van der Waals surface area contributed by atoms with Crippen LogP contribution in [0.25, 0.3) is 0 Å². The highest BCUT2D eigenvalue weighted by molar-refractivity contribution is 7.80. The molecule has 0 heterocycles. The highest BCUT2D eigenvalue weighted by Crippen LogP contribution is 2.36. The summed E-state index contributed by atoms with van der Waals surface area (Å²) in [5.41, 5.74) is -0.713. The van der Waals surface area contributed by atoms with Crippen molar-refractivity contribution < 1.29 is 22.7 Å². The van der Waals surface area contributed by atoms with Gasteiger partial charge in [0.15, 0.2) is 5.11 Å². The number of unbranched alkanes of at least 4 members (excludes halogenated alkanes) is 2. The van der Waals surface area contributed by atoms with Crippen LogP contribution in [0.1, 0.15) is 31.2 Å². The van der Waals surface area contributed by atoms with Gasteiger partial charge in [-0.15, -0.1) is 0 Å². The molecule has 134 valence electrons. The van der Waals surface area contributed by atoms with E-state index >= 15 is 0 Å². The van der Waals surface area contributed by atoms with Crippen molar-refractivity contribution in [2.75, 3.05) is 19.0 Å². The number of rotatable bonds is 7. The Morgan fingerprint density at radius 1 is 1.29 bits per heavy atom. The van der Waals surface area contributed by atoms with Gasteiger partial charge in [-0.05, 0) is 43.3 Å². The lowest BCUT2D eigenvalue weighted by Crippen LogP contribution is -2.29. The summed E-state index contributed by atoms with van der Waals surface area (Å²) in [6.45, 7) is 0.548. The fourth-order valence-corrected chi connectivity index (χ4v) is 2.32. The number of thiocarbonyl (C=S) groups is 1. The van der Waals surface area contributed by atoms with Gasteiger partial charge in [-0.25, -0.2) is 0 Å². The molecule has 0 aliphatic heterocycles. The van der Waals surface area contributed by atoms with Crippen LogP contribution in [0.2, 0.25) is 5.02 Å². The molecule has 1 aromatic rings. The van der Waals surface area contributed by atoms with Gasteiger partial charge in [-0.2, -0.15) is 13.2 Å². The second kappa shape index (κ2) is 9.68. The van der Waals surface area contributed by atoms with E-state index in [1.54, 1.807) is 0 Å². The van der Waals surface area contributed by atoms with E-state index in [1.165, 1.54) is 19.2 Å². The van der Waals surface area contributed by atoms with E-state index in [4.69, 9.17) is 23.8 Å². The third-order valence-corrected chi connectivity index (χ3v) is 3.68. The quantitative estimate of drug-likeness (QED) is 0.416. The standard InChI is InChI=1S/C15H18ClF3N2O2S/c1-23-13(22)5-3-2-4-8-20-14(24)21-10-6-7-12(16)11(9-10)15(17,18)19/h6-7,9H,2-5,8H2,1H3,(H2,20,21,24). The Hall–Kier alpha value is -1.54. The summed E-state index contributed by atoms with van der Waals surface area (Å²) >= 11 is 10.6. The maximum atomic E-state index is 12.8. The first-order valence-electron chi connectivity index (χ1n) is 7.22. The second-order valence-corrected chi connectivity index (χ2v) is 5.78. The molecule has 4 nitrogen and oxygen atoms in total. The molecule has 0 saturated heterocycles. The number of ether oxygens (including phenoxy) is 1. The zero-order valence-electron chi connectivity index (χ0n) is 13.0. The summed E-state index contributed by atoms with van der Waals surface area (Å²) in [6, 6.07) is 3.50. The van der Waals surface area contributed by atoms with E-state index in [1.807, 2.05) is 0 Å². The molecular weight excluding hydrogens is 365 g/mol. The Balaban J connectivity index is 2.37. The van der Waals surface area contributed by atoms with Crippen LogP contribution >= 0.6 is 23.8 Å². The molecule has 0 fully saturated rings. The predicted molar refractivity (Wildman–Crippen MR) is 91.2 cm³/mol. The lowest BCUT2D eigenvalue weighted by molar-refractivity contribution is -0.140. The van der Waals surface area contributed by atoms with Crippen molar-refractivity contribution in [1.29, 1.82) is 0 Å². The Kier molecular flexibility index (Phi) is 8.27. The number of halogens is 4. The van der Waals surface area contributed by atoms with Crippen LogP contribution < -0.4 is 10.6 Å². The molecule has 0 bridgehead atoms. The Labute approximate surface area is 148 Å². The van der Waals surface area contributed by atoms with Gasteiger partial charge in [0.2, 0.25) is 0 Å². The van der Waals surface area contributed by atoms with E-state index in [0.29, 0.717) is 19.4 Å². The molecule has 9 heteroatoms. The monoisotopic (exact) mass is 382 g/mol. The van der Waals surface area contributed by atoms with E-state index in [9.17, 15) is 18.0 Å². The zero-order chi connectivity index (χ0) is 18.2. The molecule has 0 unspecified atom stereocenters. The van der Waals surface area contributed by atoms with Gasteiger partial charge in [0.25, 0.3) is 0 Å². The Morgan fingerprint density at radius 3 is 2.62 bits per heavy atom. The van der Waals surface area contributed by atoms with Crippen LogP contribution in [0.4, 0.5) is 18.9 Å². The van der Waals surface area contributed by atoms with Gasteiger partial charge < -0.3 is 15.4 Å². The minimum absolute atomic E-state index is 0.204. The molecule has 0 aromatic heterocycles. The molecule has 1 rings (SSSR count). The van der Waals surface area contributed by atoms with Gasteiger partial charge in [-0.1, -0.05) is 18.0 Å². The Morgan fingerprint density at radius 2 is 2.00 bits per heavy atom. The summed E-state index contributed by atoms with van der Waals surface area (Å²) in [4.78, 5) is 10.9. The number of esters is 1. The van der Waals surface area contributed by atoms with Gasteiger partial charge >= 0.3 is 12.1 Å². The first-order chi connectivity index (χ1) is 11.2. The molecule has 0 amide bonds. The summed E-state index contributed by atoms with van der Waals surface area (Å²) in [7, 11) is 1.34. The molecule has 0 spiro atoms. The summed E-state index contributed by atoms with van der Waals surface area (Å²) in [5.74, 6) is -0.247. The van der Waals surface area contributed by atoms with E-state index in [2.05, 4.69) is 15.4 Å². The molecular formula is C15H18ClF3N2O2S. The largest absolute Gasteiger partial charge is 0.469 e. The number of alkyl halides is 3. The van der Waals surface area contributed by atoms with Gasteiger partial charge in [0, 0.05) is 18.7 Å². The lowest BCUT2D eigenvalue weighted by atomic mass is 10.2. The number of anilines is 1. The maximum absolute atomic E-state index is 12.8. The predicted octanol–water partition coefficient (Wildman–Crippen LogP) is 4.38. The van der Waals surface area contributed by atoms with Gasteiger partial charge in [0.1, 0.15) is 0 Å². The van der Waals surface area contributed by atoms with E-state index < -0.39 is 11.7 Å². The highest BCUT2D eigenvalue weighted by atomic mass is 35.5. The third-order valence-electron chi connectivity index (χ3n) is 3.10. The molecule has 0 saturated carbocycles. The van der Waals surface area contributed by atoms with Gasteiger partial charge in [-0.3, -0.25) is 4.79 Å². The number of hydrogen-bond donors (Lipinski definition) is 2. The van der Waals surface area contributed by atoms with Crippen molar-refractivity contribution >= 4 is 40.6 Å². The zero-order valence-corrected chi connectivity index (χ0v) is 14.6. The summed E-state index contributed by atoms with van der Waals surface area (Å²) in [6.07, 6.45) is -1.87. The molecule has 24 heavy (non-hydrogen) atoms. The highest BCUT2D eigenvalue weighted by Gasteiger charge is 2.33. The van der Waals surface area contributed by atoms with Crippen molar-refractivity contribution in [3.8, 4) is 0 Å². The first kappa shape index (κ1) is 20.5. The molecule has 1 aromatic carbocycles. The fourth-order valence-electron chi connectivity index (χ4n) is 1.87. The number of hydrogen-bond acceptors (Lipinski definition) is 3. The van der Waals surface area contributed by atoms with Crippen molar-refractivity contribution in [1.82, 2.24) is 5.32 Å². The van der Waals surface area contributed by atoms with Crippen molar-refractivity contribution in [3.63, 3.8) is 0 Å². The smallest absolute Gasteiger partial charge is 0.417 e. The molecule has 2 N–H and O–H groups in total.